The topological polar surface area (TPSA) is 116 Å². The molecule has 0 bridgehead atoms. The van der Waals surface area contributed by atoms with Gasteiger partial charge in [0.25, 0.3) is 16.5 Å². The van der Waals surface area contributed by atoms with Crippen LogP contribution in [0.25, 0.3) is 0 Å². The maximum absolute atomic E-state index is 12.6. The van der Waals surface area contributed by atoms with Gasteiger partial charge in [0, 0.05) is 38.1 Å². The number of nitrogens with zero attached hydrogens (tertiary/aromatic N) is 4. The van der Waals surface area contributed by atoms with Crippen LogP contribution in [0, 0.1) is 6.92 Å². The van der Waals surface area contributed by atoms with Gasteiger partial charge in [-0.1, -0.05) is 30.3 Å². The molecule has 11 heteroatoms. The van der Waals surface area contributed by atoms with Gasteiger partial charge >= 0.3 is 0 Å². The summed E-state index contributed by atoms with van der Waals surface area (Å²) in [7, 11) is -1.70. The van der Waals surface area contributed by atoms with Gasteiger partial charge in [-0.2, -0.15) is 8.42 Å². The molecule has 33 heavy (non-hydrogen) atoms. The van der Waals surface area contributed by atoms with Crippen molar-refractivity contribution >= 4 is 39.3 Å². The number of anilines is 2. The van der Waals surface area contributed by atoms with Gasteiger partial charge in [0.05, 0.1) is 16.9 Å². The average Bonchev–Trinajstić information content (AvgIpc) is 3.46. The van der Waals surface area contributed by atoms with Crippen LogP contribution < -0.4 is 9.62 Å². The lowest BCUT2D eigenvalue weighted by Gasteiger charge is -2.28. The molecule has 1 fully saturated rings. The number of thiazole rings is 1. The number of benzene rings is 1. The van der Waals surface area contributed by atoms with Crippen LogP contribution in [0.4, 0.5) is 11.5 Å². The van der Waals surface area contributed by atoms with Crippen molar-refractivity contribution in [3.05, 3.63) is 64.6 Å². The molecule has 176 valence electrons. The SMILES string of the molecule is Cc1nc(S(=O)(=O)Nc2cscn2)ccc1N(C)C1CCN(Cc2ccccc2)C1.O=CO. The summed E-state index contributed by atoms with van der Waals surface area (Å²) >= 11 is 1.33. The van der Waals surface area contributed by atoms with Gasteiger partial charge in [0.15, 0.2) is 10.8 Å². The lowest BCUT2D eigenvalue weighted by molar-refractivity contribution is -0.122. The fraction of sp³-hybridized carbons (Fsp3) is 0.318. The molecule has 0 aliphatic carbocycles. The van der Waals surface area contributed by atoms with E-state index in [2.05, 4.69) is 55.8 Å². The van der Waals surface area contributed by atoms with E-state index in [1.165, 1.54) is 16.9 Å². The zero-order chi connectivity index (χ0) is 23.8. The number of aryl methyl sites for hydroxylation is 1. The molecule has 1 unspecified atom stereocenters. The minimum absolute atomic E-state index is 0.00211. The molecule has 2 N–H and O–H groups in total. The molecular formula is C22H27N5O4S2. The van der Waals surface area contributed by atoms with Gasteiger partial charge in [-0.25, -0.2) is 9.97 Å². The summed E-state index contributed by atoms with van der Waals surface area (Å²) in [4.78, 5) is 21.4. The second-order valence-electron chi connectivity index (χ2n) is 7.61. The van der Waals surface area contributed by atoms with Crippen molar-refractivity contribution < 1.29 is 18.3 Å². The Morgan fingerprint density at radius 3 is 2.64 bits per heavy atom. The van der Waals surface area contributed by atoms with E-state index in [0.29, 0.717) is 17.6 Å². The Labute approximate surface area is 197 Å². The number of carboxylic acid groups (broad SMARTS) is 1. The van der Waals surface area contributed by atoms with Crippen LogP contribution >= 0.6 is 11.3 Å². The summed E-state index contributed by atoms with van der Waals surface area (Å²) in [6, 6.07) is 14.3. The minimum atomic E-state index is -3.75. The van der Waals surface area contributed by atoms with Crippen molar-refractivity contribution in [3.63, 3.8) is 0 Å². The van der Waals surface area contributed by atoms with Crippen LogP contribution in [-0.4, -0.2) is 61.0 Å². The van der Waals surface area contributed by atoms with Gasteiger partial charge in [-0.3, -0.25) is 14.4 Å². The minimum Gasteiger partial charge on any atom is -0.483 e. The first-order chi connectivity index (χ1) is 15.8. The van der Waals surface area contributed by atoms with Crippen LogP contribution in [0.3, 0.4) is 0 Å². The summed E-state index contributed by atoms with van der Waals surface area (Å²) in [5, 5.41) is 8.54. The van der Waals surface area contributed by atoms with Crippen LogP contribution in [0.1, 0.15) is 17.7 Å². The molecule has 2 aromatic heterocycles. The average molecular weight is 490 g/mol. The van der Waals surface area contributed by atoms with Gasteiger partial charge in [-0.05, 0) is 31.0 Å². The van der Waals surface area contributed by atoms with Crippen molar-refractivity contribution in [1.29, 1.82) is 0 Å². The smallest absolute Gasteiger partial charge is 0.290 e. The number of sulfonamides is 1. The molecule has 0 spiro atoms. The largest absolute Gasteiger partial charge is 0.483 e. The number of carbonyl (C=O) groups is 1. The number of hydrogen-bond donors (Lipinski definition) is 2. The summed E-state index contributed by atoms with van der Waals surface area (Å²) in [6.07, 6.45) is 1.06. The third kappa shape index (κ3) is 6.50. The molecule has 3 heterocycles. The molecule has 4 rings (SSSR count). The summed E-state index contributed by atoms with van der Waals surface area (Å²) in [5.74, 6) is 0.310. The zero-order valence-electron chi connectivity index (χ0n) is 18.5. The molecule has 1 aromatic carbocycles. The number of nitrogens with one attached hydrogen (secondary N) is 1. The first-order valence-corrected chi connectivity index (χ1v) is 12.7. The third-order valence-corrected chi connectivity index (χ3v) is 7.25. The normalized spacial score (nSPS) is 16.0. The van der Waals surface area contributed by atoms with E-state index in [1.807, 2.05) is 19.1 Å². The highest BCUT2D eigenvalue weighted by Crippen LogP contribution is 2.26. The molecule has 1 saturated heterocycles. The number of rotatable bonds is 7. The highest BCUT2D eigenvalue weighted by Gasteiger charge is 2.27. The predicted molar refractivity (Wildman–Crippen MR) is 129 cm³/mol. The number of likely N-dealkylation sites (N-methyl/N-ethyl adjacent to an activating group) is 1. The van der Waals surface area contributed by atoms with E-state index < -0.39 is 10.0 Å². The molecule has 1 atom stereocenters. The van der Waals surface area contributed by atoms with Crippen LogP contribution in [0.15, 0.2) is 58.4 Å². The fourth-order valence-electron chi connectivity index (χ4n) is 3.82. The highest BCUT2D eigenvalue weighted by atomic mass is 32.2. The Balaban J connectivity index is 0.000000968. The molecule has 0 radical (unpaired) electrons. The predicted octanol–water partition coefficient (Wildman–Crippen LogP) is 3.06. The zero-order valence-corrected chi connectivity index (χ0v) is 20.1. The van der Waals surface area contributed by atoms with E-state index in [1.54, 1.807) is 17.0 Å². The lowest BCUT2D eigenvalue weighted by atomic mass is 10.2. The Hall–Kier alpha value is -3.02. The number of pyridine rings is 1. The first-order valence-electron chi connectivity index (χ1n) is 10.3. The van der Waals surface area contributed by atoms with Gasteiger partial charge < -0.3 is 10.0 Å². The lowest BCUT2D eigenvalue weighted by Crippen LogP contribution is -2.35. The van der Waals surface area contributed by atoms with Gasteiger partial charge in [0.1, 0.15) is 0 Å². The summed E-state index contributed by atoms with van der Waals surface area (Å²) < 4.78 is 27.6. The maximum Gasteiger partial charge on any atom is 0.290 e. The molecule has 0 amide bonds. The quantitative estimate of drug-likeness (QED) is 0.487. The molecule has 1 aliphatic rings. The number of aromatic nitrogens is 2. The Morgan fingerprint density at radius 1 is 1.27 bits per heavy atom. The van der Waals surface area contributed by atoms with Gasteiger partial charge in [0.2, 0.25) is 0 Å². The van der Waals surface area contributed by atoms with E-state index in [4.69, 9.17) is 9.90 Å². The Morgan fingerprint density at radius 2 is 2.00 bits per heavy atom. The fourth-order valence-corrected chi connectivity index (χ4v) is 5.37. The van der Waals surface area contributed by atoms with Crippen molar-refractivity contribution in [2.45, 2.75) is 31.0 Å². The van der Waals surface area contributed by atoms with Crippen molar-refractivity contribution in [2.75, 3.05) is 29.8 Å². The summed E-state index contributed by atoms with van der Waals surface area (Å²) in [6.45, 7) is 4.56. The van der Waals surface area contributed by atoms with Crippen LogP contribution in [0.5, 0.6) is 0 Å². The Bertz CT molecular complexity index is 1140. The molecule has 0 saturated carbocycles. The van der Waals surface area contributed by atoms with Crippen LogP contribution in [-0.2, 0) is 21.4 Å². The first kappa shape index (κ1) is 24.6. The second kappa shape index (κ2) is 11.2. The van der Waals surface area contributed by atoms with E-state index in [0.717, 1.165) is 31.7 Å². The molecular weight excluding hydrogens is 462 g/mol. The van der Waals surface area contributed by atoms with E-state index in [-0.39, 0.29) is 11.5 Å². The third-order valence-electron chi connectivity index (χ3n) is 5.40. The molecule has 9 nitrogen and oxygen atoms in total. The van der Waals surface area contributed by atoms with E-state index >= 15 is 0 Å². The standard InChI is InChI=1S/C21H25N5O2S2.CH2O2/c1-16-19(8-9-21(23-16)30(27,28)24-20-14-29-15-22-20)25(2)18-10-11-26(13-18)12-17-6-4-3-5-7-17;2-1-3/h3-9,14-15,18,24H,10-13H2,1-2H3;1H,(H,2,3). The van der Waals surface area contributed by atoms with Crippen molar-refractivity contribution in [3.8, 4) is 0 Å². The van der Waals surface area contributed by atoms with Gasteiger partial charge in [-0.15, -0.1) is 11.3 Å². The van der Waals surface area contributed by atoms with Crippen LogP contribution in [0.2, 0.25) is 0 Å². The van der Waals surface area contributed by atoms with Crippen molar-refractivity contribution in [2.24, 2.45) is 0 Å². The molecule has 3 aromatic rings. The number of likely N-dealkylation sites (tertiary alicyclic amines) is 1. The monoisotopic (exact) mass is 489 g/mol. The summed E-state index contributed by atoms with van der Waals surface area (Å²) in [5.41, 5.74) is 4.55. The number of hydrogen-bond acceptors (Lipinski definition) is 8. The second-order valence-corrected chi connectivity index (χ2v) is 9.96. The van der Waals surface area contributed by atoms with E-state index in [9.17, 15) is 8.42 Å². The highest BCUT2D eigenvalue weighted by molar-refractivity contribution is 7.92. The van der Waals surface area contributed by atoms with Crippen molar-refractivity contribution in [1.82, 2.24) is 14.9 Å². The Kier molecular flexibility index (Phi) is 8.37. The maximum atomic E-state index is 12.6. The molecule has 1 aliphatic heterocycles.